The summed E-state index contributed by atoms with van der Waals surface area (Å²) in [6.07, 6.45) is 0. The van der Waals surface area contributed by atoms with Crippen molar-refractivity contribution in [3.8, 4) is 0 Å². The fraction of sp³-hybridized carbons (Fsp3) is 0.273. The van der Waals surface area contributed by atoms with Crippen LogP contribution in [0.2, 0.25) is 0 Å². The number of amides is 2. The molecule has 16 heavy (non-hydrogen) atoms. The number of ether oxygens (including phenoxy) is 1. The molecule has 0 heterocycles. The van der Waals surface area contributed by atoms with Gasteiger partial charge < -0.3 is 15.4 Å². The summed E-state index contributed by atoms with van der Waals surface area (Å²) in [6, 6.07) is 6.23. The lowest BCUT2D eigenvalue weighted by Crippen LogP contribution is -2.24. The highest BCUT2D eigenvalue weighted by molar-refractivity contribution is 5.93. The molecule has 0 atom stereocenters. The fourth-order valence-electron chi connectivity index (χ4n) is 1.13. The Balaban J connectivity index is 2.78. The van der Waals surface area contributed by atoms with Gasteiger partial charge in [-0.3, -0.25) is 0 Å². The van der Waals surface area contributed by atoms with Crippen molar-refractivity contribution in [2.45, 2.75) is 6.92 Å². The van der Waals surface area contributed by atoms with Crippen molar-refractivity contribution in [2.75, 3.05) is 19.0 Å². The van der Waals surface area contributed by atoms with Gasteiger partial charge in [0.25, 0.3) is 0 Å². The summed E-state index contributed by atoms with van der Waals surface area (Å²) in [7, 11) is 1.52. The zero-order valence-electron chi connectivity index (χ0n) is 9.24. The molecule has 5 heteroatoms. The van der Waals surface area contributed by atoms with Gasteiger partial charge in [-0.2, -0.15) is 0 Å². The highest BCUT2D eigenvalue weighted by Gasteiger charge is 2.07. The molecule has 0 spiro atoms. The van der Waals surface area contributed by atoms with E-state index in [1.165, 1.54) is 7.05 Å². The third-order valence-corrected chi connectivity index (χ3v) is 1.86. The van der Waals surface area contributed by atoms with E-state index in [1.54, 1.807) is 31.2 Å². The van der Waals surface area contributed by atoms with Crippen LogP contribution < -0.4 is 10.6 Å². The summed E-state index contributed by atoms with van der Waals surface area (Å²) < 4.78 is 4.85. The second kappa shape index (κ2) is 5.75. The minimum Gasteiger partial charge on any atom is -0.462 e. The number of benzene rings is 1. The molecule has 0 aromatic heterocycles. The van der Waals surface area contributed by atoms with E-state index in [0.717, 1.165) is 0 Å². The summed E-state index contributed by atoms with van der Waals surface area (Å²) in [5.41, 5.74) is 0.959. The van der Waals surface area contributed by atoms with E-state index < -0.39 is 5.97 Å². The van der Waals surface area contributed by atoms with E-state index in [2.05, 4.69) is 10.6 Å². The Morgan fingerprint density at radius 1 is 1.38 bits per heavy atom. The van der Waals surface area contributed by atoms with Gasteiger partial charge in [0.2, 0.25) is 0 Å². The van der Waals surface area contributed by atoms with Gasteiger partial charge in [-0.1, -0.05) is 6.07 Å². The molecule has 0 aliphatic rings. The zero-order chi connectivity index (χ0) is 12.0. The van der Waals surface area contributed by atoms with Gasteiger partial charge >= 0.3 is 12.0 Å². The third kappa shape index (κ3) is 3.27. The molecule has 0 aliphatic heterocycles. The minimum absolute atomic E-state index is 0.325. The number of urea groups is 1. The minimum atomic E-state index is -0.400. The largest absolute Gasteiger partial charge is 0.462 e. The van der Waals surface area contributed by atoms with Gasteiger partial charge in [0.15, 0.2) is 0 Å². The first kappa shape index (κ1) is 12.0. The maximum atomic E-state index is 11.4. The highest BCUT2D eigenvalue weighted by Crippen LogP contribution is 2.11. The molecule has 0 saturated heterocycles. The smallest absolute Gasteiger partial charge is 0.338 e. The summed E-state index contributed by atoms with van der Waals surface area (Å²) in [5.74, 6) is -0.400. The van der Waals surface area contributed by atoms with Gasteiger partial charge in [-0.25, -0.2) is 9.59 Å². The van der Waals surface area contributed by atoms with Crippen molar-refractivity contribution in [2.24, 2.45) is 0 Å². The molecule has 0 radical (unpaired) electrons. The number of esters is 1. The van der Waals surface area contributed by atoms with Crippen molar-refractivity contribution in [3.05, 3.63) is 29.8 Å². The number of carbonyl (C=O) groups excluding carboxylic acids is 2. The molecule has 0 bridgehead atoms. The van der Waals surface area contributed by atoms with Crippen LogP contribution in [-0.2, 0) is 4.74 Å². The lowest BCUT2D eigenvalue weighted by atomic mass is 10.2. The Morgan fingerprint density at radius 3 is 2.75 bits per heavy atom. The second-order valence-corrected chi connectivity index (χ2v) is 3.01. The number of rotatable bonds is 3. The van der Waals surface area contributed by atoms with Crippen molar-refractivity contribution in [1.82, 2.24) is 5.32 Å². The fourth-order valence-corrected chi connectivity index (χ4v) is 1.13. The summed E-state index contributed by atoms with van der Waals surface area (Å²) in [4.78, 5) is 22.5. The molecule has 1 aromatic rings. The van der Waals surface area contributed by atoms with Crippen LogP contribution in [0.25, 0.3) is 0 Å². The Kier molecular flexibility index (Phi) is 4.32. The number of hydrogen-bond acceptors (Lipinski definition) is 3. The van der Waals surface area contributed by atoms with Crippen molar-refractivity contribution in [1.29, 1.82) is 0 Å². The van der Waals surface area contributed by atoms with Crippen molar-refractivity contribution >= 4 is 17.7 Å². The van der Waals surface area contributed by atoms with Crippen LogP contribution in [0.15, 0.2) is 24.3 Å². The van der Waals surface area contributed by atoms with Gasteiger partial charge in [0.1, 0.15) is 0 Å². The number of nitrogens with one attached hydrogen (secondary N) is 2. The maximum Gasteiger partial charge on any atom is 0.338 e. The van der Waals surface area contributed by atoms with Crippen molar-refractivity contribution < 1.29 is 14.3 Å². The molecule has 0 fully saturated rings. The van der Waals surface area contributed by atoms with E-state index in [4.69, 9.17) is 4.74 Å². The van der Waals surface area contributed by atoms with E-state index in [0.29, 0.717) is 17.9 Å². The molecule has 0 unspecified atom stereocenters. The van der Waals surface area contributed by atoms with E-state index in [-0.39, 0.29) is 6.03 Å². The molecule has 86 valence electrons. The maximum absolute atomic E-state index is 11.4. The van der Waals surface area contributed by atoms with Crippen LogP contribution in [0, 0.1) is 0 Å². The standard InChI is InChI=1S/C11H14N2O3/c1-3-16-10(14)8-5-4-6-9(7-8)13-11(15)12-2/h4-7H,3H2,1-2H3,(H2,12,13,15). The summed E-state index contributed by atoms with van der Waals surface area (Å²) in [6.45, 7) is 2.07. The van der Waals surface area contributed by atoms with Crippen LogP contribution in [0.3, 0.4) is 0 Å². The molecule has 1 aromatic carbocycles. The van der Waals surface area contributed by atoms with Crippen LogP contribution in [0.5, 0.6) is 0 Å². The van der Waals surface area contributed by atoms with Crippen LogP contribution in [-0.4, -0.2) is 25.7 Å². The van der Waals surface area contributed by atoms with Gasteiger partial charge in [0, 0.05) is 12.7 Å². The van der Waals surface area contributed by atoms with E-state index >= 15 is 0 Å². The van der Waals surface area contributed by atoms with Gasteiger partial charge in [-0.05, 0) is 25.1 Å². The van der Waals surface area contributed by atoms with Crippen LogP contribution in [0.1, 0.15) is 17.3 Å². The number of carbonyl (C=O) groups is 2. The molecular formula is C11H14N2O3. The monoisotopic (exact) mass is 222 g/mol. The lowest BCUT2D eigenvalue weighted by Gasteiger charge is -2.06. The first-order valence-electron chi connectivity index (χ1n) is 4.93. The van der Waals surface area contributed by atoms with E-state index in [9.17, 15) is 9.59 Å². The zero-order valence-corrected chi connectivity index (χ0v) is 9.24. The van der Waals surface area contributed by atoms with Gasteiger partial charge in [0.05, 0.1) is 12.2 Å². The molecule has 0 aliphatic carbocycles. The topological polar surface area (TPSA) is 67.4 Å². The molecular weight excluding hydrogens is 208 g/mol. The molecule has 2 N–H and O–H groups in total. The predicted molar refractivity (Wildman–Crippen MR) is 60.5 cm³/mol. The number of hydrogen-bond donors (Lipinski definition) is 2. The number of anilines is 1. The van der Waals surface area contributed by atoms with Crippen LogP contribution >= 0.6 is 0 Å². The lowest BCUT2D eigenvalue weighted by molar-refractivity contribution is 0.0526. The molecule has 1 rings (SSSR count). The quantitative estimate of drug-likeness (QED) is 0.763. The Morgan fingerprint density at radius 2 is 2.12 bits per heavy atom. The Hall–Kier alpha value is -2.04. The Bertz CT molecular complexity index is 391. The highest BCUT2D eigenvalue weighted by atomic mass is 16.5. The first-order chi connectivity index (χ1) is 7.67. The first-order valence-corrected chi connectivity index (χ1v) is 4.93. The molecule has 0 saturated carbocycles. The normalized spacial score (nSPS) is 9.38. The predicted octanol–water partition coefficient (Wildman–Crippen LogP) is 1.61. The molecule has 2 amide bonds. The third-order valence-electron chi connectivity index (χ3n) is 1.86. The van der Waals surface area contributed by atoms with Crippen LogP contribution in [0.4, 0.5) is 10.5 Å². The SMILES string of the molecule is CCOC(=O)c1cccc(NC(=O)NC)c1. The molecule has 5 nitrogen and oxygen atoms in total. The van der Waals surface area contributed by atoms with Crippen molar-refractivity contribution in [3.63, 3.8) is 0 Å². The van der Waals surface area contributed by atoms with Gasteiger partial charge in [-0.15, -0.1) is 0 Å². The average molecular weight is 222 g/mol. The van der Waals surface area contributed by atoms with E-state index in [1.807, 2.05) is 0 Å². The average Bonchev–Trinajstić information content (AvgIpc) is 2.29. The summed E-state index contributed by atoms with van der Waals surface area (Å²) in [5, 5.41) is 4.99. The summed E-state index contributed by atoms with van der Waals surface area (Å²) >= 11 is 0. The Labute approximate surface area is 93.8 Å². The second-order valence-electron chi connectivity index (χ2n) is 3.01.